The third-order valence-corrected chi connectivity index (χ3v) is 2.89. The van der Waals surface area contributed by atoms with Crippen LogP contribution in [0.15, 0.2) is 0 Å². The van der Waals surface area contributed by atoms with Gasteiger partial charge in [-0.15, -0.1) is 12.6 Å². The highest BCUT2D eigenvalue weighted by atomic mass is 32.1. The van der Waals surface area contributed by atoms with Gasteiger partial charge >= 0.3 is 12.2 Å². The zero-order valence-electron chi connectivity index (χ0n) is 15.4. The molecule has 0 aliphatic carbocycles. The van der Waals surface area contributed by atoms with E-state index in [0.29, 0.717) is 25.8 Å². The van der Waals surface area contributed by atoms with Crippen molar-refractivity contribution in [3.63, 3.8) is 0 Å². The predicted octanol–water partition coefficient (Wildman–Crippen LogP) is 3.03. The Bertz CT molecular complexity index is 441. The van der Waals surface area contributed by atoms with Crippen molar-refractivity contribution in [3.8, 4) is 0 Å². The van der Waals surface area contributed by atoms with Crippen molar-refractivity contribution in [1.82, 2.24) is 10.6 Å². The molecule has 0 rings (SSSR count). The summed E-state index contributed by atoms with van der Waals surface area (Å²) in [5.41, 5.74) is -1.17. The Balaban J connectivity index is 4.09. The SMILES string of the molecule is CC(C)(C)OC(=O)NCCCC[C@H](NC(=O)OC(C)(C)C)C(=O)S. The molecule has 0 aliphatic heterocycles. The third-order valence-electron chi connectivity index (χ3n) is 2.58. The van der Waals surface area contributed by atoms with Crippen molar-refractivity contribution in [2.45, 2.75) is 78.0 Å². The number of ether oxygens (including phenoxy) is 2. The molecule has 0 saturated heterocycles. The van der Waals surface area contributed by atoms with Gasteiger partial charge in [0.05, 0.1) is 0 Å². The number of hydrogen-bond donors (Lipinski definition) is 3. The van der Waals surface area contributed by atoms with Crippen molar-refractivity contribution < 1.29 is 23.9 Å². The van der Waals surface area contributed by atoms with E-state index in [2.05, 4.69) is 23.3 Å². The van der Waals surface area contributed by atoms with Crippen molar-refractivity contribution in [2.75, 3.05) is 6.54 Å². The van der Waals surface area contributed by atoms with E-state index in [-0.39, 0.29) is 0 Å². The van der Waals surface area contributed by atoms with E-state index in [4.69, 9.17) is 9.47 Å². The highest BCUT2D eigenvalue weighted by Crippen LogP contribution is 2.10. The van der Waals surface area contributed by atoms with Crippen LogP contribution in [0.2, 0.25) is 0 Å². The van der Waals surface area contributed by atoms with Crippen LogP contribution in [0.5, 0.6) is 0 Å². The maximum Gasteiger partial charge on any atom is 0.408 e. The van der Waals surface area contributed by atoms with Crippen LogP contribution in [0.3, 0.4) is 0 Å². The molecule has 0 saturated carbocycles. The highest BCUT2D eigenvalue weighted by Gasteiger charge is 2.22. The van der Waals surface area contributed by atoms with Gasteiger partial charge in [-0.3, -0.25) is 4.79 Å². The molecule has 0 fully saturated rings. The zero-order valence-corrected chi connectivity index (χ0v) is 16.3. The van der Waals surface area contributed by atoms with Crippen LogP contribution in [-0.2, 0) is 14.3 Å². The van der Waals surface area contributed by atoms with Crippen molar-refractivity contribution in [3.05, 3.63) is 0 Å². The number of unbranched alkanes of at least 4 members (excludes halogenated alkanes) is 1. The lowest BCUT2D eigenvalue weighted by Gasteiger charge is -2.22. The van der Waals surface area contributed by atoms with Gasteiger partial charge in [-0.25, -0.2) is 9.59 Å². The van der Waals surface area contributed by atoms with E-state index in [9.17, 15) is 14.4 Å². The summed E-state index contributed by atoms with van der Waals surface area (Å²) in [6, 6.07) is -0.718. The summed E-state index contributed by atoms with van der Waals surface area (Å²) in [4.78, 5) is 34.6. The summed E-state index contributed by atoms with van der Waals surface area (Å²) >= 11 is 3.78. The van der Waals surface area contributed by atoms with Gasteiger partial charge in [-0.2, -0.15) is 0 Å². The molecule has 0 aromatic heterocycles. The minimum Gasteiger partial charge on any atom is -0.444 e. The average molecular weight is 362 g/mol. The van der Waals surface area contributed by atoms with Gasteiger partial charge in [-0.1, -0.05) is 0 Å². The molecule has 0 aromatic carbocycles. The number of alkyl carbamates (subject to hydrolysis) is 2. The Morgan fingerprint density at radius 1 is 0.917 bits per heavy atom. The average Bonchev–Trinajstić information content (AvgIpc) is 2.32. The molecule has 2 N–H and O–H groups in total. The maximum absolute atomic E-state index is 11.7. The van der Waals surface area contributed by atoms with Gasteiger partial charge in [0.25, 0.3) is 0 Å². The van der Waals surface area contributed by atoms with E-state index < -0.39 is 34.5 Å². The number of thiol groups is 1. The molecule has 0 bridgehead atoms. The first-order chi connectivity index (χ1) is 10.8. The Labute approximate surface area is 149 Å². The van der Waals surface area contributed by atoms with Crippen LogP contribution in [0.1, 0.15) is 60.8 Å². The van der Waals surface area contributed by atoms with Crippen molar-refractivity contribution in [1.29, 1.82) is 0 Å². The Kier molecular flexibility index (Phi) is 9.17. The summed E-state index contributed by atoms with van der Waals surface area (Å²) in [6.07, 6.45) is 0.561. The number of amides is 2. The molecular weight excluding hydrogens is 332 g/mol. The van der Waals surface area contributed by atoms with Crippen LogP contribution in [0.25, 0.3) is 0 Å². The van der Waals surface area contributed by atoms with E-state index >= 15 is 0 Å². The first-order valence-electron chi connectivity index (χ1n) is 7.99. The van der Waals surface area contributed by atoms with E-state index in [1.165, 1.54) is 0 Å². The lowest BCUT2D eigenvalue weighted by Crippen LogP contribution is -2.42. The first kappa shape index (κ1) is 22.6. The maximum atomic E-state index is 11.7. The fourth-order valence-corrected chi connectivity index (χ4v) is 1.88. The zero-order chi connectivity index (χ0) is 19.0. The largest absolute Gasteiger partial charge is 0.444 e. The molecule has 7 nitrogen and oxygen atoms in total. The Morgan fingerprint density at radius 2 is 1.42 bits per heavy atom. The van der Waals surface area contributed by atoms with Gasteiger partial charge in [0.2, 0.25) is 5.12 Å². The van der Waals surface area contributed by atoms with Gasteiger partial charge in [-0.05, 0) is 60.8 Å². The highest BCUT2D eigenvalue weighted by molar-refractivity contribution is 7.96. The molecule has 0 spiro atoms. The van der Waals surface area contributed by atoms with E-state index in [1.54, 1.807) is 41.5 Å². The Hall–Kier alpha value is -1.44. The molecular formula is C16H30N2O5S. The van der Waals surface area contributed by atoms with Gasteiger partial charge in [0, 0.05) is 6.54 Å². The monoisotopic (exact) mass is 362 g/mol. The smallest absolute Gasteiger partial charge is 0.408 e. The van der Waals surface area contributed by atoms with Crippen molar-refractivity contribution in [2.24, 2.45) is 0 Å². The van der Waals surface area contributed by atoms with E-state index in [1.807, 2.05) is 0 Å². The molecule has 24 heavy (non-hydrogen) atoms. The minimum atomic E-state index is -0.718. The molecule has 140 valence electrons. The molecule has 2 amide bonds. The number of carbonyl (C=O) groups is 3. The lowest BCUT2D eigenvalue weighted by molar-refractivity contribution is -0.112. The van der Waals surface area contributed by atoms with Crippen LogP contribution in [-0.4, -0.2) is 41.1 Å². The number of nitrogens with one attached hydrogen (secondary N) is 2. The second-order valence-electron chi connectivity index (χ2n) is 7.46. The van der Waals surface area contributed by atoms with Gasteiger partial charge in [0.1, 0.15) is 17.2 Å². The molecule has 0 unspecified atom stereocenters. The fourth-order valence-electron chi connectivity index (χ4n) is 1.69. The van der Waals surface area contributed by atoms with E-state index in [0.717, 1.165) is 0 Å². The molecule has 0 aliphatic rings. The van der Waals surface area contributed by atoms with Gasteiger partial charge in [0.15, 0.2) is 0 Å². The van der Waals surface area contributed by atoms with Crippen LogP contribution in [0, 0.1) is 0 Å². The number of carbonyl (C=O) groups excluding carboxylic acids is 3. The third kappa shape index (κ3) is 13.0. The van der Waals surface area contributed by atoms with Crippen LogP contribution in [0.4, 0.5) is 9.59 Å². The molecule has 0 radical (unpaired) electrons. The Morgan fingerprint density at radius 3 is 1.88 bits per heavy atom. The summed E-state index contributed by atoms with van der Waals surface area (Å²) in [7, 11) is 0. The van der Waals surface area contributed by atoms with Gasteiger partial charge < -0.3 is 20.1 Å². The van der Waals surface area contributed by atoms with Crippen LogP contribution < -0.4 is 10.6 Å². The first-order valence-corrected chi connectivity index (χ1v) is 8.44. The van der Waals surface area contributed by atoms with Crippen molar-refractivity contribution >= 4 is 29.9 Å². The predicted molar refractivity (Wildman–Crippen MR) is 95.2 cm³/mol. The summed E-state index contributed by atoms with van der Waals surface area (Å²) in [6.45, 7) is 11.0. The minimum absolute atomic E-state index is 0.414. The summed E-state index contributed by atoms with van der Waals surface area (Å²) in [5.74, 6) is 0. The topological polar surface area (TPSA) is 93.7 Å². The standard InChI is InChI=1S/C16H30N2O5S/c1-15(2,3)22-13(20)17-10-8-7-9-11(12(19)24)18-14(21)23-16(4,5)6/h11H,7-10H2,1-6H3,(H,17,20)(H,18,21)(H,19,24)/t11-/m0/s1. The summed E-state index contributed by atoms with van der Waals surface area (Å²) < 4.78 is 10.2. The number of rotatable bonds is 7. The second-order valence-corrected chi connectivity index (χ2v) is 7.90. The second kappa shape index (κ2) is 9.76. The quantitative estimate of drug-likeness (QED) is 0.478. The molecule has 1 atom stereocenters. The van der Waals surface area contributed by atoms with Crippen LogP contribution >= 0.6 is 12.6 Å². The normalized spacial score (nSPS) is 13.0. The summed E-state index contributed by atoms with van der Waals surface area (Å²) in [5, 5.41) is 4.71. The molecule has 0 aromatic rings. The molecule has 0 heterocycles. The number of hydrogen-bond acceptors (Lipinski definition) is 5. The fraction of sp³-hybridized carbons (Fsp3) is 0.812. The molecule has 8 heteroatoms. The lowest BCUT2D eigenvalue weighted by atomic mass is 10.1.